The first-order valence-corrected chi connectivity index (χ1v) is 7.72. The number of hydrogen-bond acceptors (Lipinski definition) is 6. The number of anilines is 1. The lowest BCUT2D eigenvalue weighted by molar-refractivity contribution is 0.103. The molecule has 0 bridgehead atoms. The van der Waals surface area contributed by atoms with Gasteiger partial charge in [0, 0.05) is 5.38 Å². The molecule has 0 aliphatic carbocycles. The van der Waals surface area contributed by atoms with E-state index in [0.29, 0.717) is 21.4 Å². The van der Waals surface area contributed by atoms with Crippen LogP contribution < -0.4 is 5.32 Å². The average Bonchev–Trinajstić information content (AvgIpc) is 2.97. The third kappa shape index (κ3) is 3.20. The largest absolute Gasteiger partial charge is 0.411 e. The summed E-state index contributed by atoms with van der Waals surface area (Å²) in [6.45, 7) is 3.57. The van der Waals surface area contributed by atoms with E-state index in [-0.39, 0.29) is 5.91 Å². The monoisotopic (exact) mass is 359 g/mol. The molecule has 2 heterocycles. The summed E-state index contributed by atoms with van der Waals surface area (Å²) in [6, 6.07) is 1.82. The van der Waals surface area contributed by atoms with Crippen LogP contribution in [0.5, 0.6) is 0 Å². The highest BCUT2D eigenvalue weighted by atomic mass is 79.9. The van der Waals surface area contributed by atoms with Gasteiger partial charge in [0.05, 0.1) is 8.66 Å². The summed E-state index contributed by atoms with van der Waals surface area (Å²) < 4.78 is 0.945. The number of amides is 1. The summed E-state index contributed by atoms with van der Waals surface area (Å²) in [4.78, 5) is 16.8. The SMILES string of the molecule is CC(=NO)c1csc(NC(=O)c2cc(C)c(Br)s2)n1. The van der Waals surface area contributed by atoms with Crippen molar-refractivity contribution in [1.29, 1.82) is 0 Å². The van der Waals surface area contributed by atoms with Gasteiger partial charge < -0.3 is 5.21 Å². The molecule has 5 nitrogen and oxygen atoms in total. The van der Waals surface area contributed by atoms with Crippen LogP contribution in [0, 0.1) is 6.92 Å². The molecule has 2 N–H and O–H groups in total. The van der Waals surface area contributed by atoms with Crippen molar-refractivity contribution in [3.63, 3.8) is 0 Å². The Morgan fingerprint density at radius 2 is 2.32 bits per heavy atom. The van der Waals surface area contributed by atoms with E-state index in [9.17, 15) is 4.79 Å². The zero-order chi connectivity index (χ0) is 14.0. The zero-order valence-corrected chi connectivity index (χ0v) is 13.3. The quantitative estimate of drug-likeness (QED) is 0.498. The Balaban J connectivity index is 2.13. The Hall–Kier alpha value is -1.25. The predicted molar refractivity (Wildman–Crippen MR) is 80.8 cm³/mol. The topological polar surface area (TPSA) is 74.6 Å². The van der Waals surface area contributed by atoms with E-state index < -0.39 is 0 Å². The van der Waals surface area contributed by atoms with Gasteiger partial charge in [0.2, 0.25) is 0 Å². The molecule has 0 aliphatic heterocycles. The second kappa shape index (κ2) is 5.81. The van der Waals surface area contributed by atoms with Crippen LogP contribution in [-0.4, -0.2) is 21.8 Å². The lowest BCUT2D eigenvalue weighted by Crippen LogP contribution is -2.10. The first-order chi connectivity index (χ1) is 9.01. The number of hydrogen-bond donors (Lipinski definition) is 2. The van der Waals surface area contributed by atoms with Gasteiger partial charge in [0.1, 0.15) is 11.4 Å². The lowest BCUT2D eigenvalue weighted by Gasteiger charge is -1.97. The summed E-state index contributed by atoms with van der Waals surface area (Å²) in [5, 5.41) is 16.6. The molecule has 2 aromatic rings. The molecule has 0 aliphatic rings. The van der Waals surface area contributed by atoms with Crippen molar-refractivity contribution in [3.05, 3.63) is 31.4 Å². The number of carbonyl (C=O) groups excluding carboxylic acids is 1. The number of oxime groups is 1. The van der Waals surface area contributed by atoms with E-state index in [1.807, 2.05) is 13.0 Å². The number of thiazole rings is 1. The Morgan fingerprint density at radius 3 is 2.89 bits per heavy atom. The fourth-order valence-corrected chi connectivity index (χ4v) is 3.46. The maximum absolute atomic E-state index is 12.0. The molecule has 2 rings (SSSR count). The van der Waals surface area contributed by atoms with Gasteiger partial charge in [-0.15, -0.1) is 22.7 Å². The number of rotatable bonds is 3. The fraction of sp³-hybridized carbons (Fsp3) is 0.182. The average molecular weight is 360 g/mol. The molecular formula is C11H10BrN3O2S2. The van der Waals surface area contributed by atoms with Crippen molar-refractivity contribution >= 4 is 55.4 Å². The van der Waals surface area contributed by atoms with Gasteiger partial charge in [-0.1, -0.05) is 5.16 Å². The van der Waals surface area contributed by atoms with E-state index in [4.69, 9.17) is 5.21 Å². The van der Waals surface area contributed by atoms with E-state index in [1.165, 1.54) is 22.7 Å². The molecule has 0 unspecified atom stereocenters. The third-order valence-electron chi connectivity index (χ3n) is 2.33. The van der Waals surface area contributed by atoms with Crippen LogP contribution in [-0.2, 0) is 0 Å². The minimum atomic E-state index is -0.196. The summed E-state index contributed by atoms with van der Waals surface area (Å²) in [5.41, 5.74) is 1.98. The van der Waals surface area contributed by atoms with Crippen molar-refractivity contribution in [2.24, 2.45) is 5.16 Å². The van der Waals surface area contributed by atoms with Gasteiger partial charge in [-0.3, -0.25) is 10.1 Å². The summed E-state index contributed by atoms with van der Waals surface area (Å²) >= 11 is 6.05. The van der Waals surface area contributed by atoms with Gasteiger partial charge >= 0.3 is 0 Å². The van der Waals surface area contributed by atoms with Gasteiger partial charge in [0.15, 0.2) is 5.13 Å². The van der Waals surface area contributed by atoms with Crippen LogP contribution in [0.15, 0.2) is 20.4 Å². The number of aryl methyl sites for hydroxylation is 1. The van der Waals surface area contributed by atoms with Crippen molar-refractivity contribution in [1.82, 2.24) is 4.98 Å². The standard InChI is InChI=1S/C11H10BrN3O2S2/c1-5-3-8(19-9(5)12)10(16)14-11-13-7(4-18-11)6(2)15-17/h3-4,17H,1-2H3,(H,13,14,16). The maximum atomic E-state index is 12.0. The van der Waals surface area contributed by atoms with Gasteiger partial charge in [-0.25, -0.2) is 4.98 Å². The van der Waals surface area contributed by atoms with Crippen LogP contribution in [0.25, 0.3) is 0 Å². The molecule has 0 fully saturated rings. The number of aromatic nitrogens is 1. The number of halogens is 1. The Bertz CT molecular complexity index is 629. The maximum Gasteiger partial charge on any atom is 0.267 e. The summed E-state index contributed by atoms with van der Waals surface area (Å²) in [5.74, 6) is -0.196. The molecule has 100 valence electrons. The minimum absolute atomic E-state index is 0.196. The normalized spacial score (nSPS) is 11.6. The number of nitrogens with zero attached hydrogens (tertiary/aromatic N) is 2. The van der Waals surface area contributed by atoms with Gasteiger partial charge in [0.25, 0.3) is 5.91 Å². The first kappa shape index (κ1) is 14.2. The lowest BCUT2D eigenvalue weighted by atomic mass is 10.3. The van der Waals surface area contributed by atoms with Crippen molar-refractivity contribution in [2.45, 2.75) is 13.8 Å². The molecule has 2 aromatic heterocycles. The van der Waals surface area contributed by atoms with E-state index in [0.717, 1.165) is 9.35 Å². The van der Waals surface area contributed by atoms with E-state index in [1.54, 1.807) is 12.3 Å². The smallest absolute Gasteiger partial charge is 0.267 e. The highest BCUT2D eigenvalue weighted by molar-refractivity contribution is 9.11. The van der Waals surface area contributed by atoms with E-state index >= 15 is 0 Å². The van der Waals surface area contributed by atoms with Gasteiger partial charge in [-0.2, -0.15) is 0 Å². The highest BCUT2D eigenvalue weighted by Crippen LogP contribution is 2.28. The molecule has 0 spiro atoms. The molecule has 0 saturated carbocycles. The predicted octanol–water partition coefficient (Wildman–Crippen LogP) is 3.73. The van der Waals surface area contributed by atoms with Gasteiger partial charge in [-0.05, 0) is 41.4 Å². The number of carbonyl (C=O) groups is 1. The minimum Gasteiger partial charge on any atom is -0.411 e. The molecular weight excluding hydrogens is 350 g/mol. The second-order valence-corrected chi connectivity index (χ2v) is 6.97. The molecule has 0 aromatic carbocycles. The number of thiophene rings is 1. The Morgan fingerprint density at radius 1 is 1.58 bits per heavy atom. The third-order valence-corrected chi connectivity index (χ3v) is 5.22. The molecule has 0 radical (unpaired) electrons. The zero-order valence-electron chi connectivity index (χ0n) is 10.1. The van der Waals surface area contributed by atoms with E-state index in [2.05, 4.69) is 31.4 Å². The second-order valence-electron chi connectivity index (χ2n) is 3.74. The molecule has 8 heteroatoms. The number of nitrogens with one attached hydrogen (secondary N) is 1. The molecule has 19 heavy (non-hydrogen) atoms. The van der Waals surface area contributed by atoms with Crippen molar-refractivity contribution in [2.75, 3.05) is 5.32 Å². The Kier molecular flexibility index (Phi) is 4.33. The summed E-state index contributed by atoms with van der Waals surface area (Å²) in [6.07, 6.45) is 0. The fourth-order valence-electron chi connectivity index (χ4n) is 1.28. The first-order valence-electron chi connectivity index (χ1n) is 5.23. The van der Waals surface area contributed by atoms with Crippen molar-refractivity contribution in [3.8, 4) is 0 Å². The van der Waals surface area contributed by atoms with Crippen LogP contribution in [0.1, 0.15) is 27.9 Å². The molecule has 1 amide bonds. The molecule has 0 saturated heterocycles. The van der Waals surface area contributed by atoms with Crippen LogP contribution in [0.2, 0.25) is 0 Å². The Labute approximate surface area is 126 Å². The van der Waals surface area contributed by atoms with Crippen LogP contribution in [0.3, 0.4) is 0 Å². The van der Waals surface area contributed by atoms with Crippen LogP contribution in [0.4, 0.5) is 5.13 Å². The summed E-state index contributed by atoms with van der Waals surface area (Å²) in [7, 11) is 0. The van der Waals surface area contributed by atoms with Crippen LogP contribution >= 0.6 is 38.6 Å². The van der Waals surface area contributed by atoms with Crippen molar-refractivity contribution < 1.29 is 10.0 Å². The molecule has 0 atom stereocenters. The highest BCUT2D eigenvalue weighted by Gasteiger charge is 2.13.